The van der Waals surface area contributed by atoms with Crippen LogP contribution in [0, 0.1) is 12.8 Å². The predicted molar refractivity (Wildman–Crippen MR) is 89.1 cm³/mol. The van der Waals surface area contributed by atoms with Crippen LogP contribution in [0.4, 0.5) is 0 Å². The van der Waals surface area contributed by atoms with Crippen LogP contribution in [-0.4, -0.2) is 17.7 Å². The molecule has 1 saturated heterocycles. The van der Waals surface area contributed by atoms with Crippen LogP contribution in [0.25, 0.3) is 0 Å². The van der Waals surface area contributed by atoms with Crippen molar-refractivity contribution in [1.29, 1.82) is 0 Å². The second kappa shape index (κ2) is 6.55. The highest BCUT2D eigenvalue weighted by Gasteiger charge is 2.38. The Morgan fingerprint density at radius 1 is 1.22 bits per heavy atom. The van der Waals surface area contributed by atoms with Crippen molar-refractivity contribution in [3.63, 3.8) is 0 Å². The molecule has 1 fully saturated rings. The van der Waals surface area contributed by atoms with Crippen LogP contribution < -0.4 is 0 Å². The van der Waals surface area contributed by atoms with Crippen molar-refractivity contribution in [2.45, 2.75) is 32.3 Å². The maximum atomic E-state index is 12.3. The van der Waals surface area contributed by atoms with Gasteiger partial charge in [0.15, 0.2) is 0 Å². The fraction of sp³-hybridized carbons (Fsp3) is 0.350. The summed E-state index contributed by atoms with van der Waals surface area (Å²) >= 11 is 0. The zero-order chi connectivity index (χ0) is 16.4. The second-order valence-electron chi connectivity index (χ2n) is 6.41. The van der Waals surface area contributed by atoms with Gasteiger partial charge in [-0.3, -0.25) is 4.79 Å². The van der Waals surface area contributed by atoms with Crippen LogP contribution in [0.1, 0.15) is 41.2 Å². The van der Waals surface area contributed by atoms with Crippen LogP contribution in [0.2, 0.25) is 0 Å². The highest BCUT2D eigenvalue weighted by atomic mass is 16.5. The molecule has 2 aromatic rings. The van der Waals surface area contributed by atoms with Gasteiger partial charge < -0.3 is 9.84 Å². The summed E-state index contributed by atoms with van der Waals surface area (Å²) in [6, 6.07) is 16.1. The van der Waals surface area contributed by atoms with Gasteiger partial charge >= 0.3 is 5.97 Å². The van der Waals surface area contributed by atoms with Crippen molar-refractivity contribution in [2.24, 2.45) is 5.92 Å². The second-order valence-corrected chi connectivity index (χ2v) is 6.41. The normalized spacial score (nSPS) is 22.0. The molecule has 120 valence electrons. The first kappa shape index (κ1) is 15.8. The Morgan fingerprint density at radius 2 is 1.96 bits per heavy atom. The summed E-state index contributed by atoms with van der Waals surface area (Å²) in [6.45, 7) is 4.19. The number of aliphatic hydroxyl groups is 1. The number of cyclic esters (lactones) is 1. The minimum absolute atomic E-state index is 0.133. The number of aryl methyl sites for hydroxylation is 1. The number of carbonyl (C=O) groups is 1. The lowest BCUT2D eigenvalue weighted by Gasteiger charge is -2.18. The quantitative estimate of drug-likeness (QED) is 0.879. The lowest BCUT2D eigenvalue weighted by atomic mass is 9.83. The van der Waals surface area contributed by atoms with Crippen LogP contribution in [0.15, 0.2) is 48.5 Å². The number of aliphatic hydroxyl groups excluding tert-OH is 1. The van der Waals surface area contributed by atoms with E-state index in [0.29, 0.717) is 6.61 Å². The van der Waals surface area contributed by atoms with Gasteiger partial charge in [0, 0.05) is 5.92 Å². The molecule has 3 rings (SSSR count). The standard InChI is InChI=1S/C20H22O3/c1-13-8-16(14(2)21)11-17(9-13)19-18(12-23-20(19)22)10-15-6-4-3-5-7-15/h3-9,11,14,18-19,21H,10,12H2,1-2H3/t14?,18-,19?/m1/s1. The first-order chi connectivity index (χ1) is 11.0. The number of carbonyl (C=O) groups excluding carboxylic acids is 1. The number of ether oxygens (including phenoxy) is 1. The Bertz CT molecular complexity index is 691. The minimum atomic E-state index is -0.543. The van der Waals surface area contributed by atoms with E-state index in [4.69, 9.17) is 4.74 Å². The third kappa shape index (κ3) is 3.45. The largest absolute Gasteiger partial charge is 0.465 e. The van der Waals surface area contributed by atoms with E-state index in [0.717, 1.165) is 23.1 Å². The Hall–Kier alpha value is -2.13. The van der Waals surface area contributed by atoms with Gasteiger partial charge in [-0.05, 0) is 37.0 Å². The van der Waals surface area contributed by atoms with Crippen molar-refractivity contribution < 1.29 is 14.6 Å². The number of rotatable bonds is 4. The van der Waals surface area contributed by atoms with E-state index in [1.54, 1.807) is 6.92 Å². The van der Waals surface area contributed by atoms with Gasteiger partial charge in [-0.1, -0.05) is 54.1 Å². The molecule has 1 N–H and O–H groups in total. The molecule has 0 aliphatic carbocycles. The van der Waals surface area contributed by atoms with Gasteiger partial charge in [-0.2, -0.15) is 0 Å². The van der Waals surface area contributed by atoms with Crippen LogP contribution >= 0.6 is 0 Å². The van der Waals surface area contributed by atoms with Crippen molar-refractivity contribution in [3.8, 4) is 0 Å². The average Bonchev–Trinajstić information content (AvgIpc) is 2.88. The number of hydrogen-bond acceptors (Lipinski definition) is 3. The Labute approximate surface area is 136 Å². The van der Waals surface area contributed by atoms with E-state index in [2.05, 4.69) is 12.1 Å². The van der Waals surface area contributed by atoms with Gasteiger partial charge in [-0.15, -0.1) is 0 Å². The lowest BCUT2D eigenvalue weighted by Crippen LogP contribution is -2.17. The molecule has 3 atom stereocenters. The summed E-state index contributed by atoms with van der Waals surface area (Å²) in [5.74, 6) is -0.283. The summed E-state index contributed by atoms with van der Waals surface area (Å²) < 4.78 is 5.34. The Morgan fingerprint density at radius 3 is 2.65 bits per heavy atom. The number of benzene rings is 2. The third-order valence-corrected chi connectivity index (χ3v) is 4.47. The summed E-state index contributed by atoms with van der Waals surface area (Å²) in [5.41, 5.74) is 4.06. The Kier molecular flexibility index (Phi) is 4.49. The fourth-order valence-corrected chi connectivity index (χ4v) is 3.33. The molecule has 0 radical (unpaired) electrons. The van der Waals surface area contributed by atoms with Crippen molar-refractivity contribution in [3.05, 3.63) is 70.8 Å². The van der Waals surface area contributed by atoms with Gasteiger partial charge in [0.2, 0.25) is 0 Å². The van der Waals surface area contributed by atoms with E-state index in [9.17, 15) is 9.90 Å². The smallest absolute Gasteiger partial charge is 0.313 e. The first-order valence-electron chi connectivity index (χ1n) is 8.04. The number of esters is 1. The molecule has 3 heteroatoms. The molecule has 1 aliphatic rings. The zero-order valence-corrected chi connectivity index (χ0v) is 13.5. The van der Waals surface area contributed by atoms with Gasteiger partial charge in [0.1, 0.15) is 0 Å². The minimum Gasteiger partial charge on any atom is -0.465 e. The van der Waals surface area contributed by atoms with Gasteiger partial charge in [0.05, 0.1) is 18.6 Å². The third-order valence-electron chi connectivity index (χ3n) is 4.47. The van der Waals surface area contributed by atoms with Gasteiger partial charge in [0.25, 0.3) is 0 Å². The lowest BCUT2D eigenvalue weighted by molar-refractivity contribution is -0.139. The van der Waals surface area contributed by atoms with Crippen molar-refractivity contribution >= 4 is 5.97 Å². The summed E-state index contributed by atoms with van der Waals surface area (Å²) in [4.78, 5) is 12.3. The molecule has 1 aliphatic heterocycles. The number of hydrogen-bond donors (Lipinski definition) is 1. The molecule has 2 aromatic carbocycles. The van der Waals surface area contributed by atoms with Crippen LogP contribution in [-0.2, 0) is 16.0 Å². The zero-order valence-electron chi connectivity index (χ0n) is 13.5. The highest BCUT2D eigenvalue weighted by molar-refractivity contribution is 5.80. The molecule has 1 heterocycles. The summed E-state index contributed by atoms with van der Waals surface area (Å²) in [6.07, 6.45) is 0.272. The van der Waals surface area contributed by atoms with E-state index in [1.165, 1.54) is 5.56 Å². The molecule has 0 aromatic heterocycles. The van der Waals surface area contributed by atoms with Crippen molar-refractivity contribution in [1.82, 2.24) is 0 Å². The fourth-order valence-electron chi connectivity index (χ4n) is 3.33. The monoisotopic (exact) mass is 310 g/mol. The molecular formula is C20H22O3. The summed E-state index contributed by atoms with van der Waals surface area (Å²) in [7, 11) is 0. The van der Waals surface area contributed by atoms with E-state index in [1.807, 2.05) is 43.3 Å². The topological polar surface area (TPSA) is 46.5 Å². The summed E-state index contributed by atoms with van der Waals surface area (Å²) in [5, 5.41) is 9.87. The SMILES string of the molecule is Cc1cc(C(C)O)cc(C2C(=O)OC[C@H]2Cc2ccccc2)c1. The molecule has 0 bridgehead atoms. The van der Waals surface area contributed by atoms with E-state index >= 15 is 0 Å². The molecule has 0 amide bonds. The van der Waals surface area contributed by atoms with E-state index in [-0.39, 0.29) is 17.8 Å². The molecule has 0 spiro atoms. The molecule has 3 nitrogen and oxygen atoms in total. The molecule has 2 unspecified atom stereocenters. The molecule has 0 saturated carbocycles. The van der Waals surface area contributed by atoms with Crippen LogP contribution in [0.3, 0.4) is 0 Å². The average molecular weight is 310 g/mol. The Balaban J connectivity index is 1.91. The van der Waals surface area contributed by atoms with Gasteiger partial charge in [-0.25, -0.2) is 0 Å². The highest BCUT2D eigenvalue weighted by Crippen LogP contribution is 2.36. The van der Waals surface area contributed by atoms with Crippen LogP contribution in [0.5, 0.6) is 0 Å². The molecular weight excluding hydrogens is 288 g/mol. The molecule has 23 heavy (non-hydrogen) atoms. The maximum absolute atomic E-state index is 12.3. The first-order valence-corrected chi connectivity index (χ1v) is 8.04. The van der Waals surface area contributed by atoms with E-state index < -0.39 is 6.10 Å². The maximum Gasteiger partial charge on any atom is 0.313 e. The van der Waals surface area contributed by atoms with Crippen molar-refractivity contribution in [2.75, 3.05) is 6.61 Å². The predicted octanol–water partition coefficient (Wildman–Crippen LogP) is 3.55.